The van der Waals surface area contributed by atoms with Crippen molar-refractivity contribution >= 4 is 50.2 Å². The fraction of sp³-hybridized carbons (Fsp3) is 0.0909. The molecule has 0 spiro atoms. The monoisotopic (exact) mass is 432 g/mol. The van der Waals surface area contributed by atoms with Gasteiger partial charge in [-0.3, -0.25) is 4.79 Å². The molecule has 6 nitrogen and oxygen atoms in total. The van der Waals surface area contributed by atoms with Crippen molar-refractivity contribution in [2.45, 2.75) is 17.5 Å². The number of thioether (sulfide) groups is 1. The number of fused-ring (bicyclic) bond motifs is 2. The second-order valence-corrected chi connectivity index (χ2v) is 8.54. The molecule has 5 aromatic rings. The highest BCUT2D eigenvalue weighted by molar-refractivity contribution is 7.98. The molecule has 5 rings (SSSR count). The molecule has 3 aromatic heterocycles. The maximum Gasteiger partial charge on any atom is 0.287 e. The first-order valence-corrected chi connectivity index (χ1v) is 11.1. The zero-order valence-corrected chi connectivity index (χ0v) is 17.4. The van der Waals surface area contributed by atoms with Crippen LogP contribution in [0.25, 0.3) is 21.2 Å². The highest BCUT2D eigenvalue weighted by Gasteiger charge is 2.21. The summed E-state index contributed by atoms with van der Waals surface area (Å²) >= 11 is 3.04. The van der Waals surface area contributed by atoms with Crippen LogP contribution in [0.1, 0.15) is 21.1 Å². The van der Waals surface area contributed by atoms with Gasteiger partial charge in [-0.2, -0.15) is 0 Å². The van der Waals surface area contributed by atoms with Crippen LogP contribution in [0.15, 0.2) is 76.6 Å². The molecule has 0 fully saturated rings. The molecule has 30 heavy (non-hydrogen) atoms. The van der Waals surface area contributed by atoms with Gasteiger partial charge in [0.15, 0.2) is 10.9 Å². The molecule has 0 radical (unpaired) electrons. The number of hydrogen-bond donors (Lipinski definition) is 1. The molecular formula is C22H16N4O2S2. The number of furan rings is 1. The minimum absolute atomic E-state index is 0.255. The van der Waals surface area contributed by atoms with Gasteiger partial charge in [0.1, 0.15) is 10.6 Å². The molecule has 0 aliphatic heterocycles. The second kappa shape index (κ2) is 8.25. The maximum atomic E-state index is 13.0. The van der Waals surface area contributed by atoms with E-state index in [0.29, 0.717) is 28.8 Å². The van der Waals surface area contributed by atoms with Gasteiger partial charge in [0.2, 0.25) is 0 Å². The average Bonchev–Trinajstić information content (AvgIpc) is 3.38. The third kappa shape index (κ3) is 3.79. The number of benzene rings is 2. The number of carbonyl (C=O) groups is 1. The Labute approximate surface area is 180 Å². The smallest absolute Gasteiger partial charge is 0.287 e. The van der Waals surface area contributed by atoms with Crippen LogP contribution in [0.4, 0.5) is 0 Å². The van der Waals surface area contributed by atoms with Crippen molar-refractivity contribution in [3.63, 3.8) is 0 Å². The minimum Gasteiger partial charge on any atom is -0.451 e. The van der Waals surface area contributed by atoms with Gasteiger partial charge in [-0.15, -0.1) is 11.3 Å². The fourth-order valence-electron chi connectivity index (χ4n) is 3.15. The summed E-state index contributed by atoms with van der Waals surface area (Å²) in [5.74, 6) is 0.598. The van der Waals surface area contributed by atoms with Gasteiger partial charge in [0.05, 0.1) is 16.8 Å². The number of rotatable bonds is 6. The lowest BCUT2D eigenvalue weighted by atomic mass is 10.1. The molecule has 0 saturated carbocycles. The Morgan fingerprint density at radius 3 is 2.70 bits per heavy atom. The highest BCUT2D eigenvalue weighted by atomic mass is 32.2. The molecule has 0 aliphatic rings. The molecular weight excluding hydrogens is 416 g/mol. The molecule has 2 aromatic carbocycles. The van der Waals surface area contributed by atoms with Crippen molar-refractivity contribution in [2.24, 2.45) is 0 Å². The SMILES string of the molecule is O=C(NCc1nc2ccccc2s1)c1oc2ccccc2c1CSc1ncccn1. The van der Waals surface area contributed by atoms with E-state index < -0.39 is 0 Å². The second-order valence-electron chi connectivity index (χ2n) is 6.48. The third-order valence-corrected chi connectivity index (χ3v) is 6.47. The highest BCUT2D eigenvalue weighted by Crippen LogP contribution is 2.31. The van der Waals surface area contributed by atoms with Crippen molar-refractivity contribution in [1.82, 2.24) is 20.3 Å². The first kappa shape index (κ1) is 18.8. The van der Waals surface area contributed by atoms with Crippen molar-refractivity contribution in [3.05, 3.63) is 83.3 Å². The van der Waals surface area contributed by atoms with Crippen LogP contribution < -0.4 is 5.32 Å². The van der Waals surface area contributed by atoms with Gasteiger partial charge in [0.25, 0.3) is 5.91 Å². The Hall–Kier alpha value is -3.23. The maximum absolute atomic E-state index is 13.0. The van der Waals surface area contributed by atoms with E-state index in [1.54, 1.807) is 29.8 Å². The topological polar surface area (TPSA) is 80.9 Å². The molecule has 148 valence electrons. The summed E-state index contributed by atoms with van der Waals surface area (Å²) in [6.07, 6.45) is 3.41. The summed E-state index contributed by atoms with van der Waals surface area (Å²) < 4.78 is 7.02. The van der Waals surface area contributed by atoms with E-state index in [1.807, 2.05) is 48.5 Å². The predicted octanol–water partition coefficient (Wildman–Crippen LogP) is 5.05. The van der Waals surface area contributed by atoms with Crippen LogP contribution >= 0.6 is 23.1 Å². The number of carbonyl (C=O) groups excluding carboxylic acids is 1. The lowest BCUT2D eigenvalue weighted by Crippen LogP contribution is -2.23. The molecule has 0 aliphatic carbocycles. The number of para-hydroxylation sites is 2. The minimum atomic E-state index is -0.255. The van der Waals surface area contributed by atoms with Crippen LogP contribution in [-0.2, 0) is 12.3 Å². The largest absolute Gasteiger partial charge is 0.451 e. The van der Waals surface area contributed by atoms with Crippen molar-refractivity contribution in [3.8, 4) is 0 Å². The zero-order chi connectivity index (χ0) is 20.3. The van der Waals surface area contributed by atoms with E-state index in [-0.39, 0.29) is 5.91 Å². The van der Waals surface area contributed by atoms with Crippen LogP contribution in [0.5, 0.6) is 0 Å². The number of thiazole rings is 1. The Bertz CT molecular complexity index is 1300. The van der Waals surface area contributed by atoms with Gasteiger partial charge in [-0.25, -0.2) is 15.0 Å². The molecule has 0 atom stereocenters. The van der Waals surface area contributed by atoms with Gasteiger partial charge >= 0.3 is 0 Å². The Morgan fingerprint density at radius 2 is 1.83 bits per heavy atom. The van der Waals surface area contributed by atoms with Gasteiger partial charge in [0, 0.05) is 29.1 Å². The van der Waals surface area contributed by atoms with E-state index in [1.165, 1.54) is 11.8 Å². The quantitative estimate of drug-likeness (QED) is 0.299. The lowest BCUT2D eigenvalue weighted by molar-refractivity contribution is 0.0924. The molecule has 0 unspecified atom stereocenters. The summed E-state index contributed by atoms with van der Waals surface area (Å²) in [7, 11) is 0. The van der Waals surface area contributed by atoms with Crippen molar-refractivity contribution in [1.29, 1.82) is 0 Å². The average molecular weight is 433 g/mol. The van der Waals surface area contributed by atoms with E-state index in [0.717, 1.165) is 26.2 Å². The summed E-state index contributed by atoms with van der Waals surface area (Å²) in [4.78, 5) is 26.0. The normalized spacial score (nSPS) is 11.2. The Balaban J connectivity index is 1.38. The van der Waals surface area contributed by atoms with E-state index in [2.05, 4.69) is 20.3 Å². The summed E-state index contributed by atoms with van der Waals surface area (Å²) in [6, 6.07) is 17.4. The van der Waals surface area contributed by atoms with Crippen LogP contribution in [0, 0.1) is 0 Å². The molecule has 1 amide bonds. The number of hydrogen-bond acceptors (Lipinski definition) is 7. The van der Waals surface area contributed by atoms with Crippen molar-refractivity contribution < 1.29 is 9.21 Å². The first-order valence-electron chi connectivity index (χ1n) is 9.31. The van der Waals surface area contributed by atoms with Gasteiger partial charge in [-0.05, 0) is 24.3 Å². The summed E-state index contributed by atoms with van der Waals surface area (Å²) in [5.41, 5.74) is 2.47. The first-order chi connectivity index (χ1) is 14.8. The van der Waals surface area contributed by atoms with Gasteiger partial charge < -0.3 is 9.73 Å². The molecule has 0 bridgehead atoms. The number of aromatic nitrogens is 3. The van der Waals surface area contributed by atoms with Crippen LogP contribution in [0.2, 0.25) is 0 Å². The predicted molar refractivity (Wildman–Crippen MR) is 119 cm³/mol. The molecule has 8 heteroatoms. The zero-order valence-electron chi connectivity index (χ0n) is 15.7. The van der Waals surface area contributed by atoms with Gasteiger partial charge in [-0.1, -0.05) is 42.1 Å². The van der Waals surface area contributed by atoms with Crippen LogP contribution in [0.3, 0.4) is 0 Å². The third-order valence-electron chi connectivity index (χ3n) is 4.53. The molecule has 1 N–H and O–H groups in total. The molecule has 0 saturated heterocycles. The summed E-state index contributed by atoms with van der Waals surface area (Å²) in [5, 5.41) is 5.38. The van der Waals surface area contributed by atoms with Crippen LogP contribution in [-0.4, -0.2) is 20.9 Å². The fourth-order valence-corrected chi connectivity index (χ4v) is 4.89. The van der Waals surface area contributed by atoms with E-state index in [4.69, 9.17) is 4.42 Å². The number of nitrogens with zero attached hydrogens (tertiary/aromatic N) is 3. The number of nitrogens with one attached hydrogen (secondary N) is 1. The summed E-state index contributed by atoms with van der Waals surface area (Å²) in [6.45, 7) is 0.351. The Morgan fingerprint density at radius 1 is 1.03 bits per heavy atom. The molecule has 3 heterocycles. The van der Waals surface area contributed by atoms with E-state index >= 15 is 0 Å². The lowest BCUT2D eigenvalue weighted by Gasteiger charge is -2.04. The van der Waals surface area contributed by atoms with Crippen molar-refractivity contribution in [2.75, 3.05) is 0 Å². The number of amides is 1. The Kier molecular flexibility index (Phi) is 5.17. The van der Waals surface area contributed by atoms with E-state index in [9.17, 15) is 4.79 Å². The standard InChI is InChI=1S/C22H16N4O2S2/c27-21(25-12-19-26-16-7-2-4-9-18(16)30-19)20-15(13-29-22-23-10-5-11-24-22)14-6-1-3-8-17(14)28-20/h1-11H,12-13H2,(H,25,27).